The lowest BCUT2D eigenvalue weighted by molar-refractivity contribution is 0.0954. The van der Waals surface area contributed by atoms with Gasteiger partial charge in [-0.3, -0.25) is 4.79 Å². The highest BCUT2D eigenvalue weighted by molar-refractivity contribution is 7.89. The average molecular weight is 431 g/mol. The molecule has 2 aromatic rings. The van der Waals surface area contributed by atoms with Gasteiger partial charge in [0.1, 0.15) is 0 Å². The molecular formula is C18H20Cl2N2O4S. The topological polar surface area (TPSA) is 84.5 Å². The van der Waals surface area contributed by atoms with Crippen molar-refractivity contribution in [1.82, 2.24) is 10.0 Å². The number of carbonyl (C=O) groups is 1. The molecule has 0 heterocycles. The predicted molar refractivity (Wildman–Crippen MR) is 106 cm³/mol. The molecule has 27 heavy (non-hydrogen) atoms. The van der Waals surface area contributed by atoms with E-state index < -0.39 is 10.0 Å². The summed E-state index contributed by atoms with van der Waals surface area (Å²) in [6, 6.07) is 11.1. The van der Waals surface area contributed by atoms with E-state index >= 15 is 0 Å². The van der Waals surface area contributed by atoms with E-state index in [9.17, 15) is 13.2 Å². The van der Waals surface area contributed by atoms with Crippen LogP contribution in [0.4, 0.5) is 0 Å². The predicted octanol–water partition coefficient (Wildman–Crippen LogP) is 2.89. The Labute approximate surface area is 168 Å². The zero-order valence-electron chi connectivity index (χ0n) is 14.7. The van der Waals surface area contributed by atoms with Crippen molar-refractivity contribution in [3.05, 3.63) is 63.6 Å². The number of sulfonamides is 1. The van der Waals surface area contributed by atoms with Crippen LogP contribution in [0.3, 0.4) is 0 Å². The fourth-order valence-corrected chi connectivity index (χ4v) is 3.79. The van der Waals surface area contributed by atoms with Crippen LogP contribution in [0.2, 0.25) is 10.0 Å². The summed E-state index contributed by atoms with van der Waals surface area (Å²) in [6.45, 7) is 0.739. The molecular weight excluding hydrogens is 411 g/mol. The minimum Gasteiger partial charge on any atom is -0.383 e. The Morgan fingerprint density at radius 2 is 1.85 bits per heavy atom. The largest absolute Gasteiger partial charge is 0.383 e. The highest BCUT2D eigenvalue weighted by Crippen LogP contribution is 2.25. The molecule has 0 radical (unpaired) electrons. The summed E-state index contributed by atoms with van der Waals surface area (Å²) in [4.78, 5) is 12.3. The van der Waals surface area contributed by atoms with Crippen molar-refractivity contribution in [3.8, 4) is 0 Å². The van der Waals surface area contributed by atoms with Crippen molar-refractivity contribution in [3.63, 3.8) is 0 Å². The summed E-state index contributed by atoms with van der Waals surface area (Å²) >= 11 is 12.1. The molecule has 146 valence electrons. The molecule has 0 unspecified atom stereocenters. The molecule has 0 bridgehead atoms. The summed E-state index contributed by atoms with van der Waals surface area (Å²) in [7, 11) is -2.22. The first-order chi connectivity index (χ1) is 12.8. The van der Waals surface area contributed by atoms with E-state index in [1.54, 1.807) is 18.2 Å². The van der Waals surface area contributed by atoms with Gasteiger partial charge in [0.15, 0.2) is 0 Å². The molecule has 2 aromatic carbocycles. The van der Waals surface area contributed by atoms with E-state index in [-0.39, 0.29) is 29.5 Å². The van der Waals surface area contributed by atoms with Crippen molar-refractivity contribution in [2.45, 2.75) is 11.3 Å². The van der Waals surface area contributed by atoms with E-state index in [2.05, 4.69) is 10.0 Å². The first-order valence-corrected chi connectivity index (χ1v) is 10.4. The molecule has 2 N–H and O–H groups in total. The van der Waals surface area contributed by atoms with Crippen LogP contribution in [-0.4, -0.2) is 41.1 Å². The van der Waals surface area contributed by atoms with E-state index in [4.69, 9.17) is 27.9 Å². The Bertz CT molecular complexity index is 904. The van der Waals surface area contributed by atoms with Gasteiger partial charge in [0, 0.05) is 25.8 Å². The number of amides is 1. The van der Waals surface area contributed by atoms with E-state index in [0.717, 1.165) is 5.56 Å². The maximum absolute atomic E-state index is 12.3. The van der Waals surface area contributed by atoms with Gasteiger partial charge in [-0.2, -0.15) is 0 Å². The summed E-state index contributed by atoms with van der Waals surface area (Å²) in [6.07, 6.45) is 0.502. The van der Waals surface area contributed by atoms with Crippen LogP contribution in [0.15, 0.2) is 47.4 Å². The normalized spacial score (nSPS) is 11.4. The Balaban J connectivity index is 1.99. The smallest absolute Gasteiger partial charge is 0.251 e. The van der Waals surface area contributed by atoms with Crippen LogP contribution >= 0.6 is 23.2 Å². The highest BCUT2D eigenvalue weighted by Gasteiger charge is 2.16. The van der Waals surface area contributed by atoms with Gasteiger partial charge in [0.25, 0.3) is 5.91 Å². The van der Waals surface area contributed by atoms with E-state index in [1.807, 2.05) is 6.07 Å². The molecule has 0 aliphatic heterocycles. The standard InChI is InChI=1S/C18H20Cl2N2O4S/c1-26-11-10-22-27(24,25)15-6-2-5-14(12-15)18(23)21-9-8-13-4-3-7-16(19)17(13)20/h2-7,12,22H,8-11H2,1H3,(H,21,23). The molecule has 0 aliphatic carbocycles. The van der Waals surface area contributed by atoms with Crippen molar-refractivity contribution in [2.75, 3.05) is 26.8 Å². The number of hydrogen-bond donors (Lipinski definition) is 2. The van der Waals surface area contributed by atoms with Crippen molar-refractivity contribution < 1.29 is 17.9 Å². The number of methoxy groups -OCH3 is 1. The molecule has 6 nitrogen and oxygen atoms in total. The quantitative estimate of drug-likeness (QED) is 0.598. The molecule has 1 amide bonds. The van der Waals surface area contributed by atoms with Crippen LogP contribution in [-0.2, 0) is 21.2 Å². The lowest BCUT2D eigenvalue weighted by Gasteiger charge is -2.10. The van der Waals surface area contributed by atoms with Gasteiger partial charge in [-0.05, 0) is 36.2 Å². The second-order valence-corrected chi connectivity index (χ2v) is 8.19. The molecule has 0 saturated heterocycles. The van der Waals surface area contributed by atoms with Crippen LogP contribution in [0.25, 0.3) is 0 Å². The summed E-state index contributed by atoms with van der Waals surface area (Å²) < 4.78 is 31.7. The second-order valence-electron chi connectivity index (χ2n) is 5.64. The maximum Gasteiger partial charge on any atom is 0.251 e. The first-order valence-electron chi connectivity index (χ1n) is 8.15. The molecule has 0 aliphatic rings. The number of rotatable bonds is 9. The first kappa shape index (κ1) is 21.7. The van der Waals surface area contributed by atoms with Crippen LogP contribution < -0.4 is 10.0 Å². The number of nitrogens with one attached hydrogen (secondary N) is 2. The SMILES string of the molecule is COCCNS(=O)(=O)c1cccc(C(=O)NCCc2cccc(Cl)c2Cl)c1. The van der Waals surface area contributed by atoms with Gasteiger partial charge >= 0.3 is 0 Å². The molecule has 0 atom stereocenters. The van der Waals surface area contributed by atoms with Gasteiger partial charge in [0.05, 0.1) is 21.5 Å². The monoisotopic (exact) mass is 430 g/mol. The summed E-state index contributed by atoms with van der Waals surface area (Å²) in [5, 5.41) is 3.67. The minimum atomic E-state index is -3.70. The number of hydrogen-bond acceptors (Lipinski definition) is 4. The van der Waals surface area contributed by atoms with Crippen molar-refractivity contribution in [2.24, 2.45) is 0 Å². The third kappa shape index (κ3) is 6.19. The minimum absolute atomic E-state index is 0.0177. The highest BCUT2D eigenvalue weighted by atomic mass is 35.5. The van der Waals surface area contributed by atoms with Crippen LogP contribution in [0.1, 0.15) is 15.9 Å². The van der Waals surface area contributed by atoms with Crippen molar-refractivity contribution >= 4 is 39.1 Å². The lowest BCUT2D eigenvalue weighted by Crippen LogP contribution is -2.28. The Morgan fingerprint density at radius 1 is 1.11 bits per heavy atom. The zero-order valence-corrected chi connectivity index (χ0v) is 17.0. The fourth-order valence-electron chi connectivity index (χ4n) is 2.32. The molecule has 0 aromatic heterocycles. The number of benzene rings is 2. The molecule has 2 rings (SSSR count). The third-order valence-corrected chi connectivity index (χ3v) is 6.03. The second kappa shape index (κ2) is 10.1. The maximum atomic E-state index is 12.3. The van der Waals surface area contributed by atoms with Crippen LogP contribution in [0, 0.1) is 0 Å². The number of halogens is 2. The molecule has 0 saturated carbocycles. The number of carbonyl (C=O) groups excluding carboxylic acids is 1. The molecule has 0 spiro atoms. The van der Waals surface area contributed by atoms with Gasteiger partial charge < -0.3 is 10.1 Å². The fraction of sp³-hybridized carbons (Fsp3) is 0.278. The molecule has 0 fully saturated rings. The third-order valence-electron chi connectivity index (χ3n) is 3.72. The van der Waals surface area contributed by atoms with Crippen molar-refractivity contribution in [1.29, 1.82) is 0 Å². The zero-order chi connectivity index (χ0) is 19.9. The lowest BCUT2D eigenvalue weighted by atomic mass is 10.1. The Kier molecular flexibility index (Phi) is 8.07. The summed E-state index contributed by atoms with van der Waals surface area (Å²) in [5.41, 5.74) is 1.07. The van der Waals surface area contributed by atoms with Gasteiger partial charge in [-0.25, -0.2) is 13.1 Å². The van der Waals surface area contributed by atoms with Gasteiger partial charge in [-0.15, -0.1) is 0 Å². The van der Waals surface area contributed by atoms with Crippen LogP contribution in [0.5, 0.6) is 0 Å². The molecule has 9 heteroatoms. The Morgan fingerprint density at radius 3 is 2.59 bits per heavy atom. The van der Waals surface area contributed by atoms with Gasteiger partial charge in [-0.1, -0.05) is 41.4 Å². The van der Waals surface area contributed by atoms with E-state index in [0.29, 0.717) is 23.0 Å². The Hall–Kier alpha value is -1.64. The number of ether oxygens (including phenoxy) is 1. The van der Waals surface area contributed by atoms with E-state index in [1.165, 1.54) is 25.3 Å². The summed E-state index contributed by atoms with van der Waals surface area (Å²) in [5.74, 6) is -0.373. The van der Waals surface area contributed by atoms with Gasteiger partial charge in [0.2, 0.25) is 10.0 Å². The average Bonchev–Trinajstić information content (AvgIpc) is 2.65.